The van der Waals surface area contributed by atoms with Gasteiger partial charge in [0.2, 0.25) is 17.7 Å². The largest absolute Gasteiger partial charge is 0.481 e. The lowest BCUT2D eigenvalue weighted by Crippen LogP contribution is -2.56. The van der Waals surface area contributed by atoms with Crippen LogP contribution in [0.4, 0.5) is 0 Å². The van der Waals surface area contributed by atoms with Gasteiger partial charge in [0, 0.05) is 13.0 Å². The molecule has 200 valence electrons. The second kappa shape index (κ2) is 17.0. The molecule has 15 nitrogen and oxygen atoms in total. The zero-order valence-electron chi connectivity index (χ0n) is 19.9. The van der Waals surface area contributed by atoms with Crippen molar-refractivity contribution in [2.75, 3.05) is 13.1 Å². The molecule has 0 heterocycles. The Kier molecular flexibility index (Phi) is 15.4. The molecule has 0 rings (SSSR count). The van der Waals surface area contributed by atoms with Crippen LogP contribution in [0.25, 0.3) is 0 Å². The van der Waals surface area contributed by atoms with E-state index in [0.29, 0.717) is 32.4 Å². The predicted octanol–water partition coefficient (Wildman–Crippen LogP) is -3.08. The third-order valence-corrected chi connectivity index (χ3v) is 4.90. The summed E-state index contributed by atoms with van der Waals surface area (Å²) in [5.74, 6) is -4.74. The molecular weight excluding hydrogens is 464 g/mol. The monoisotopic (exact) mass is 502 g/mol. The second-order valence-corrected chi connectivity index (χ2v) is 7.96. The van der Waals surface area contributed by atoms with Crippen molar-refractivity contribution in [1.29, 1.82) is 0 Å². The molecule has 0 aromatic rings. The zero-order chi connectivity index (χ0) is 27.0. The van der Waals surface area contributed by atoms with Gasteiger partial charge in [0.15, 0.2) is 5.96 Å². The minimum atomic E-state index is -1.44. The van der Waals surface area contributed by atoms with Crippen LogP contribution in [-0.2, 0) is 24.0 Å². The summed E-state index contributed by atoms with van der Waals surface area (Å²) in [5.41, 5.74) is 21.7. The Labute approximate surface area is 203 Å². The Morgan fingerprint density at radius 3 is 2.00 bits per heavy atom. The number of rotatable bonds is 18. The lowest BCUT2D eigenvalue weighted by molar-refractivity contribution is -0.143. The van der Waals surface area contributed by atoms with Crippen LogP contribution in [-0.4, -0.2) is 83.1 Å². The van der Waals surface area contributed by atoms with Gasteiger partial charge in [-0.25, -0.2) is 4.79 Å². The molecule has 0 saturated heterocycles. The van der Waals surface area contributed by atoms with E-state index in [-0.39, 0.29) is 25.2 Å². The highest BCUT2D eigenvalue weighted by molar-refractivity contribution is 5.93. The number of carbonyl (C=O) groups excluding carboxylic acids is 3. The van der Waals surface area contributed by atoms with Crippen LogP contribution in [0.3, 0.4) is 0 Å². The Morgan fingerprint density at radius 1 is 0.829 bits per heavy atom. The van der Waals surface area contributed by atoms with Crippen molar-refractivity contribution in [2.24, 2.45) is 27.9 Å². The first-order chi connectivity index (χ1) is 16.4. The Morgan fingerprint density at radius 2 is 1.46 bits per heavy atom. The average Bonchev–Trinajstić information content (AvgIpc) is 2.77. The van der Waals surface area contributed by atoms with Gasteiger partial charge in [-0.3, -0.25) is 24.2 Å². The molecular formula is C20H38N8O7. The lowest BCUT2D eigenvalue weighted by Gasteiger charge is -2.23. The van der Waals surface area contributed by atoms with Gasteiger partial charge in [-0.15, -0.1) is 0 Å². The fraction of sp³-hybridized carbons (Fsp3) is 0.700. The van der Waals surface area contributed by atoms with E-state index in [1.54, 1.807) is 0 Å². The van der Waals surface area contributed by atoms with Crippen LogP contribution < -0.4 is 38.9 Å². The first-order valence-corrected chi connectivity index (χ1v) is 11.3. The molecule has 3 amide bonds. The normalized spacial score (nSPS) is 14.0. The van der Waals surface area contributed by atoms with Gasteiger partial charge >= 0.3 is 11.9 Å². The fourth-order valence-corrected chi connectivity index (χ4v) is 2.89. The van der Waals surface area contributed by atoms with Gasteiger partial charge in [0.05, 0.1) is 6.04 Å². The van der Waals surface area contributed by atoms with Crippen molar-refractivity contribution in [2.45, 2.75) is 76.0 Å². The number of nitrogens with one attached hydrogen (secondary N) is 3. The average molecular weight is 503 g/mol. The summed E-state index contributed by atoms with van der Waals surface area (Å²) < 4.78 is 0. The summed E-state index contributed by atoms with van der Waals surface area (Å²) in [6, 6.07) is -4.51. The van der Waals surface area contributed by atoms with Crippen LogP contribution in [0.1, 0.15) is 51.9 Å². The number of carboxylic acids is 2. The Hall–Kier alpha value is -3.46. The van der Waals surface area contributed by atoms with E-state index in [9.17, 15) is 29.1 Å². The molecule has 0 aliphatic carbocycles. The number of carboxylic acid groups (broad SMARTS) is 2. The number of aliphatic carboxylic acids is 2. The molecule has 0 spiro atoms. The summed E-state index contributed by atoms with van der Waals surface area (Å²) in [5, 5.41) is 25.2. The van der Waals surface area contributed by atoms with Crippen LogP contribution in [0.5, 0.6) is 0 Å². The van der Waals surface area contributed by atoms with E-state index in [0.717, 1.165) is 0 Å². The first-order valence-electron chi connectivity index (χ1n) is 11.3. The molecule has 0 aliphatic heterocycles. The summed E-state index contributed by atoms with van der Waals surface area (Å²) in [6.45, 7) is 2.05. The highest BCUT2D eigenvalue weighted by atomic mass is 16.4. The smallest absolute Gasteiger partial charge is 0.326 e. The molecule has 4 atom stereocenters. The summed E-state index contributed by atoms with van der Waals surface area (Å²) in [7, 11) is 0. The summed E-state index contributed by atoms with van der Waals surface area (Å²) >= 11 is 0. The predicted molar refractivity (Wildman–Crippen MR) is 127 cm³/mol. The molecule has 13 N–H and O–H groups in total. The SMILES string of the molecule is CC(NC(=O)C(N)CCCN=C(N)N)C(=O)NC(CCCCN)C(=O)NC(CCC(=O)O)C(=O)O. The van der Waals surface area contributed by atoms with E-state index in [1.807, 2.05) is 0 Å². The van der Waals surface area contributed by atoms with E-state index < -0.39 is 60.2 Å². The topological polar surface area (TPSA) is 278 Å². The van der Waals surface area contributed by atoms with Gasteiger partial charge in [-0.1, -0.05) is 0 Å². The molecule has 0 fully saturated rings. The molecule has 0 bridgehead atoms. The standard InChI is InChI=1S/C20H38N8O7/c1-11(26-17(32)12(22)5-4-10-25-20(23)24)16(31)27-13(6-2-3-9-21)18(33)28-14(19(34)35)7-8-15(29)30/h11-14H,2-10,21-22H2,1H3,(H,26,32)(H,27,31)(H,28,33)(H,29,30)(H,34,35)(H4,23,24,25). The van der Waals surface area contributed by atoms with Gasteiger partial charge in [0.25, 0.3) is 0 Å². The number of aliphatic imine (C=N–C) groups is 1. The number of hydrogen-bond acceptors (Lipinski definition) is 8. The van der Waals surface area contributed by atoms with E-state index >= 15 is 0 Å². The lowest BCUT2D eigenvalue weighted by atomic mass is 10.1. The highest BCUT2D eigenvalue weighted by Gasteiger charge is 2.28. The van der Waals surface area contributed by atoms with Crippen molar-refractivity contribution in [3.8, 4) is 0 Å². The fourth-order valence-electron chi connectivity index (χ4n) is 2.89. The van der Waals surface area contributed by atoms with Crippen LogP contribution in [0.2, 0.25) is 0 Å². The van der Waals surface area contributed by atoms with E-state index in [1.165, 1.54) is 6.92 Å². The van der Waals surface area contributed by atoms with E-state index in [2.05, 4.69) is 20.9 Å². The van der Waals surface area contributed by atoms with Gasteiger partial charge in [0.1, 0.15) is 18.1 Å². The third-order valence-electron chi connectivity index (χ3n) is 4.90. The van der Waals surface area contributed by atoms with Crippen molar-refractivity contribution in [1.82, 2.24) is 16.0 Å². The van der Waals surface area contributed by atoms with Crippen LogP contribution in [0, 0.1) is 0 Å². The quantitative estimate of drug-likeness (QED) is 0.0514. The van der Waals surface area contributed by atoms with Crippen LogP contribution >= 0.6 is 0 Å². The molecule has 0 aromatic carbocycles. The van der Waals surface area contributed by atoms with Crippen molar-refractivity contribution in [3.05, 3.63) is 0 Å². The molecule has 0 radical (unpaired) electrons. The van der Waals surface area contributed by atoms with Crippen LogP contribution in [0.15, 0.2) is 4.99 Å². The maximum Gasteiger partial charge on any atom is 0.326 e. The number of carbonyl (C=O) groups is 5. The van der Waals surface area contributed by atoms with Gasteiger partial charge in [-0.2, -0.15) is 0 Å². The molecule has 0 aromatic heterocycles. The molecule has 0 aliphatic rings. The van der Waals surface area contributed by atoms with Crippen molar-refractivity contribution >= 4 is 35.6 Å². The molecule has 0 saturated carbocycles. The summed E-state index contributed by atoms with van der Waals surface area (Å²) in [4.78, 5) is 63.5. The van der Waals surface area contributed by atoms with Crippen molar-refractivity contribution < 1.29 is 34.2 Å². The minimum Gasteiger partial charge on any atom is -0.481 e. The van der Waals surface area contributed by atoms with E-state index in [4.69, 9.17) is 28.0 Å². The zero-order valence-corrected chi connectivity index (χ0v) is 19.9. The second-order valence-electron chi connectivity index (χ2n) is 7.96. The Bertz CT molecular complexity index is 758. The highest BCUT2D eigenvalue weighted by Crippen LogP contribution is 2.05. The first kappa shape index (κ1) is 31.5. The molecule has 35 heavy (non-hydrogen) atoms. The maximum absolute atomic E-state index is 12.7. The summed E-state index contributed by atoms with van der Waals surface area (Å²) in [6.07, 6.45) is 1.11. The maximum atomic E-state index is 12.7. The third kappa shape index (κ3) is 14.4. The Balaban J connectivity index is 5.04. The molecule has 4 unspecified atom stereocenters. The number of hydrogen-bond donors (Lipinski definition) is 9. The van der Waals surface area contributed by atoms with Crippen molar-refractivity contribution in [3.63, 3.8) is 0 Å². The van der Waals surface area contributed by atoms with Gasteiger partial charge in [-0.05, 0) is 52.0 Å². The minimum absolute atomic E-state index is 0.0741. The number of amides is 3. The number of unbranched alkanes of at least 4 members (excludes halogenated alkanes) is 1. The number of nitrogens with zero attached hydrogens (tertiary/aromatic N) is 1. The number of nitrogens with two attached hydrogens (primary N) is 4. The molecule has 15 heteroatoms. The number of guanidine groups is 1. The van der Waals surface area contributed by atoms with Gasteiger partial charge < -0.3 is 49.1 Å².